The normalized spacial score (nSPS) is 33.9. The maximum atomic E-state index is 11.0. The van der Waals surface area contributed by atoms with Crippen LogP contribution in [0.2, 0.25) is 0 Å². The van der Waals surface area contributed by atoms with Crippen molar-refractivity contribution in [1.29, 1.82) is 0 Å². The molecule has 0 heterocycles. The van der Waals surface area contributed by atoms with Gasteiger partial charge < -0.3 is 10.8 Å². The van der Waals surface area contributed by atoms with Crippen molar-refractivity contribution in [1.82, 2.24) is 0 Å². The second kappa shape index (κ2) is 4.97. The van der Waals surface area contributed by atoms with E-state index in [0.717, 1.165) is 19.3 Å². The molecule has 0 aliphatic heterocycles. The van der Waals surface area contributed by atoms with Crippen LogP contribution < -0.4 is 5.73 Å². The smallest absolute Gasteiger partial charge is 0.303 e. The lowest BCUT2D eigenvalue weighted by molar-refractivity contribution is -0.139. The molecular weight excluding hydrogens is 214 g/mol. The van der Waals surface area contributed by atoms with Gasteiger partial charge >= 0.3 is 5.97 Å². The molecule has 0 aromatic rings. The van der Waals surface area contributed by atoms with Crippen molar-refractivity contribution in [2.24, 2.45) is 28.4 Å². The number of hydrogen-bond donors (Lipinski definition) is 2. The summed E-state index contributed by atoms with van der Waals surface area (Å²) in [5.74, 6) is 0.508. The van der Waals surface area contributed by atoms with Crippen LogP contribution in [-0.2, 0) is 4.79 Å². The van der Waals surface area contributed by atoms with E-state index in [1.54, 1.807) is 0 Å². The molecule has 0 spiro atoms. The molecule has 0 bridgehead atoms. The van der Waals surface area contributed by atoms with Crippen molar-refractivity contribution in [3.05, 3.63) is 0 Å². The average Bonchev–Trinajstić information content (AvgIpc) is 2.56. The van der Waals surface area contributed by atoms with Gasteiger partial charge in [-0.15, -0.1) is 0 Å². The highest BCUT2D eigenvalue weighted by atomic mass is 16.4. The molecule has 100 valence electrons. The number of carboxylic acids is 1. The molecule has 1 aliphatic carbocycles. The van der Waals surface area contributed by atoms with Crippen LogP contribution in [0.25, 0.3) is 0 Å². The molecular formula is C14H27NO2. The quantitative estimate of drug-likeness (QED) is 0.795. The minimum Gasteiger partial charge on any atom is -0.481 e. The van der Waals surface area contributed by atoms with Gasteiger partial charge in [0, 0.05) is 0 Å². The molecule has 0 amide bonds. The predicted octanol–water partition coefficient (Wildman–Crippen LogP) is 2.89. The van der Waals surface area contributed by atoms with Crippen molar-refractivity contribution in [3.8, 4) is 0 Å². The fourth-order valence-electron chi connectivity index (χ4n) is 3.56. The molecule has 1 saturated carbocycles. The molecule has 3 N–H and O–H groups in total. The van der Waals surface area contributed by atoms with Crippen molar-refractivity contribution >= 4 is 5.97 Å². The lowest BCUT2D eigenvalue weighted by Gasteiger charge is -2.32. The first-order valence-corrected chi connectivity index (χ1v) is 6.66. The lowest BCUT2D eigenvalue weighted by atomic mass is 9.73. The Labute approximate surface area is 105 Å². The van der Waals surface area contributed by atoms with Crippen LogP contribution in [0.15, 0.2) is 0 Å². The van der Waals surface area contributed by atoms with Crippen LogP contribution in [0, 0.1) is 22.7 Å². The third-order valence-corrected chi connectivity index (χ3v) is 4.51. The zero-order valence-electron chi connectivity index (χ0n) is 11.6. The zero-order chi connectivity index (χ0) is 13.3. The van der Waals surface area contributed by atoms with Gasteiger partial charge in [0.05, 0.1) is 6.42 Å². The summed E-state index contributed by atoms with van der Waals surface area (Å²) in [5, 5.41) is 9.06. The predicted molar refractivity (Wildman–Crippen MR) is 69.7 cm³/mol. The van der Waals surface area contributed by atoms with Gasteiger partial charge in [0.25, 0.3) is 0 Å². The average molecular weight is 241 g/mol. The van der Waals surface area contributed by atoms with Gasteiger partial charge in [0.1, 0.15) is 0 Å². The van der Waals surface area contributed by atoms with E-state index in [0.29, 0.717) is 18.4 Å². The topological polar surface area (TPSA) is 63.3 Å². The van der Waals surface area contributed by atoms with Crippen molar-refractivity contribution in [2.45, 2.75) is 53.4 Å². The number of rotatable bonds is 4. The van der Waals surface area contributed by atoms with E-state index in [-0.39, 0.29) is 17.3 Å². The Morgan fingerprint density at radius 2 is 2.00 bits per heavy atom. The standard InChI is InChI=1S/C14H27NO2/c1-5-10-6-14(9-15,8-12(16)17)7-11(10)13(2,3)4/h10-11H,5-9,15H2,1-4H3,(H,16,17)/t10-,11+,14+/m0/s1. The third-order valence-electron chi connectivity index (χ3n) is 4.51. The van der Waals surface area contributed by atoms with Gasteiger partial charge in [-0.3, -0.25) is 4.79 Å². The first-order valence-electron chi connectivity index (χ1n) is 6.66. The van der Waals surface area contributed by atoms with Crippen LogP contribution in [0.1, 0.15) is 53.4 Å². The Bertz CT molecular complexity index is 282. The van der Waals surface area contributed by atoms with Crippen molar-refractivity contribution in [3.63, 3.8) is 0 Å². The molecule has 3 nitrogen and oxygen atoms in total. The number of hydrogen-bond acceptors (Lipinski definition) is 2. The molecule has 0 unspecified atom stereocenters. The number of nitrogens with two attached hydrogens (primary N) is 1. The van der Waals surface area contributed by atoms with Gasteiger partial charge in [0.15, 0.2) is 0 Å². The van der Waals surface area contributed by atoms with E-state index >= 15 is 0 Å². The summed E-state index contributed by atoms with van der Waals surface area (Å²) in [6.45, 7) is 9.48. The summed E-state index contributed by atoms with van der Waals surface area (Å²) >= 11 is 0. The molecule has 0 saturated heterocycles. The minimum absolute atomic E-state index is 0.162. The fourth-order valence-corrected chi connectivity index (χ4v) is 3.56. The monoisotopic (exact) mass is 241 g/mol. The number of carboxylic acid groups (broad SMARTS) is 1. The summed E-state index contributed by atoms with van der Waals surface area (Å²) in [6, 6.07) is 0. The Balaban J connectivity index is 2.89. The summed E-state index contributed by atoms with van der Waals surface area (Å²) in [5.41, 5.74) is 5.96. The van der Waals surface area contributed by atoms with E-state index in [2.05, 4.69) is 27.7 Å². The largest absolute Gasteiger partial charge is 0.481 e. The van der Waals surface area contributed by atoms with E-state index < -0.39 is 5.97 Å². The highest BCUT2D eigenvalue weighted by Crippen LogP contribution is 2.54. The first-order chi connectivity index (χ1) is 7.74. The molecule has 1 rings (SSSR count). The third kappa shape index (κ3) is 3.21. The van der Waals surface area contributed by atoms with Crippen molar-refractivity contribution < 1.29 is 9.90 Å². The Kier molecular flexibility index (Phi) is 4.23. The molecule has 0 radical (unpaired) electrons. The van der Waals surface area contributed by atoms with Crippen LogP contribution in [-0.4, -0.2) is 17.6 Å². The SMILES string of the molecule is CC[C@H]1C[C@](CN)(CC(=O)O)C[C@H]1C(C)(C)C. The molecule has 1 aliphatic rings. The first kappa shape index (κ1) is 14.5. The Morgan fingerprint density at radius 1 is 1.41 bits per heavy atom. The van der Waals surface area contributed by atoms with E-state index in [9.17, 15) is 4.79 Å². The second-order valence-electron chi connectivity index (χ2n) is 6.82. The molecule has 3 atom stereocenters. The van der Waals surface area contributed by atoms with E-state index in [4.69, 9.17) is 10.8 Å². The van der Waals surface area contributed by atoms with Gasteiger partial charge in [0.2, 0.25) is 0 Å². The van der Waals surface area contributed by atoms with E-state index in [1.165, 1.54) is 0 Å². The highest BCUT2D eigenvalue weighted by Gasteiger charge is 2.48. The molecule has 1 fully saturated rings. The van der Waals surface area contributed by atoms with Gasteiger partial charge in [-0.05, 0) is 42.1 Å². The minimum atomic E-state index is -0.708. The van der Waals surface area contributed by atoms with E-state index in [1.807, 2.05) is 0 Å². The van der Waals surface area contributed by atoms with Crippen LogP contribution in [0.4, 0.5) is 0 Å². The maximum Gasteiger partial charge on any atom is 0.303 e. The molecule has 0 aromatic heterocycles. The number of carbonyl (C=O) groups is 1. The number of aliphatic carboxylic acids is 1. The van der Waals surface area contributed by atoms with Crippen LogP contribution in [0.5, 0.6) is 0 Å². The van der Waals surface area contributed by atoms with Gasteiger partial charge in [-0.2, -0.15) is 0 Å². The molecule has 0 aromatic carbocycles. The maximum absolute atomic E-state index is 11.0. The lowest BCUT2D eigenvalue weighted by Crippen LogP contribution is -2.31. The fraction of sp³-hybridized carbons (Fsp3) is 0.929. The van der Waals surface area contributed by atoms with Crippen molar-refractivity contribution in [2.75, 3.05) is 6.54 Å². The summed E-state index contributed by atoms with van der Waals surface area (Å²) < 4.78 is 0. The van der Waals surface area contributed by atoms with Crippen LogP contribution in [0.3, 0.4) is 0 Å². The van der Waals surface area contributed by atoms with Gasteiger partial charge in [-0.1, -0.05) is 34.1 Å². The Morgan fingerprint density at radius 3 is 2.29 bits per heavy atom. The molecule has 17 heavy (non-hydrogen) atoms. The van der Waals surface area contributed by atoms with Crippen LogP contribution >= 0.6 is 0 Å². The Hall–Kier alpha value is -0.570. The summed E-state index contributed by atoms with van der Waals surface area (Å²) in [4.78, 5) is 11.0. The highest BCUT2D eigenvalue weighted by molar-refractivity contribution is 5.67. The van der Waals surface area contributed by atoms with Gasteiger partial charge in [-0.25, -0.2) is 0 Å². The zero-order valence-corrected chi connectivity index (χ0v) is 11.6. The summed E-state index contributed by atoms with van der Waals surface area (Å²) in [6.07, 6.45) is 3.31. The second-order valence-corrected chi connectivity index (χ2v) is 6.82. The summed E-state index contributed by atoms with van der Waals surface area (Å²) in [7, 11) is 0. The molecule has 3 heteroatoms.